The summed E-state index contributed by atoms with van der Waals surface area (Å²) in [4.78, 5) is 0.179. The van der Waals surface area contributed by atoms with Crippen molar-refractivity contribution in [2.24, 2.45) is 0 Å². The van der Waals surface area contributed by atoms with E-state index in [0.717, 1.165) is 18.4 Å². The van der Waals surface area contributed by atoms with Crippen molar-refractivity contribution in [3.8, 4) is 0 Å². The fourth-order valence-electron chi connectivity index (χ4n) is 1.73. The van der Waals surface area contributed by atoms with Crippen molar-refractivity contribution in [2.45, 2.75) is 30.6 Å². The molecule has 0 bridgehead atoms. The normalized spacial score (nSPS) is 15.4. The van der Waals surface area contributed by atoms with Crippen molar-refractivity contribution in [1.29, 1.82) is 0 Å². The molecular weight excluding hydrogens is 266 g/mol. The van der Waals surface area contributed by atoms with Gasteiger partial charge in [0.1, 0.15) is 0 Å². The number of nitrogens with one attached hydrogen (secondary N) is 1. The van der Waals surface area contributed by atoms with Crippen molar-refractivity contribution < 1.29 is 12.8 Å². The molecule has 19 heavy (non-hydrogen) atoms. The van der Waals surface area contributed by atoms with Gasteiger partial charge in [-0.15, -0.1) is 5.10 Å². The highest BCUT2D eigenvalue weighted by Crippen LogP contribution is 2.39. The monoisotopic (exact) mass is 279 g/mol. The smallest absolute Gasteiger partial charge is 0.329 e. The van der Waals surface area contributed by atoms with Gasteiger partial charge in [0, 0.05) is 5.92 Å². The Balaban J connectivity index is 1.84. The van der Waals surface area contributed by atoms with Crippen LogP contribution in [0, 0.1) is 6.92 Å². The molecule has 1 heterocycles. The van der Waals surface area contributed by atoms with Gasteiger partial charge >= 0.3 is 6.01 Å². The Morgan fingerprint density at radius 2 is 2.11 bits per heavy atom. The first-order chi connectivity index (χ1) is 9.04. The molecule has 0 radical (unpaired) electrons. The molecule has 0 unspecified atom stereocenters. The number of aromatic nitrogens is 2. The second-order valence-corrected chi connectivity index (χ2v) is 6.32. The molecule has 1 saturated carbocycles. The van der Waals surface area contributed by atoms with Crippen LogP contribution in [0.25, 0.3) is 0 Å². The van der Waals surface area contributed by atoms with Gasteiger partial charge in [-0.1, -0.05) is 17.2 Å². The minimum atomic E-state index is -3.67. The van der Waals surface area contributed by atoms with Crippen molar-refractivity contribution in [2.75, 3.05) is 4.72 Å². The molecule has 1 aliphatic carbocycles. The zero-order valence-corrected chi connectivity index (χ0v) is 11.1. The van der Waals surface area contributed by atoms with Gasteiger partial charge in [0.15, 0.2) is 0 Å². The van der Waals surface area contributed by atoms with Gasteiger partial charge in [-0.05, 0) is 37.5 Å². The number of sulfonamides is 1. The number of nitrogens with zero attached hydrogens (tertiary/aromatic N) is 2. The number of benzene rings is 1. The van der Waals surface area contributed by atoms with Gasteiger partial charge in [0.25, 0.3) is 10.0 Å². The van der Waals surface area contributed by atoms with Crippen LogP contribution in [0.2, 0.25) is 0 Å². The zero-order valence-electron chi connectivity index (χ0n) is 10.3. The predicted octanol–water partition coefficient (Wildman–Crippen LogP) is 2.06. The van der Waals surface area contributed by atoms with Crippen LogP contribution in [0.1, 0.15) is 30.2 Å². The second kappa shape index (κ2) is 4.34. The Hall–Kier alpha value is -1.89. The molecule has 3 rings (SSSR count). The van der Waals surface area contributed by atoms with Crippen LogP contribution in [0.5, 0.6) is 0 Å². The van der Waals surface area contributed by atoms with E-state index in [1.807, 2.05) is 13.0 Å². The molecule has 1 aromatic heterocycles. The molecule has 1 aromatic carbocycles. The minimum Gasteiger partial charge on any atom is -0.407 e. The first-order valence-electron chi connectivity index (χ1n) is 5.97. The second-order valence-electron chi connectivity index (χ2n) is 4.64. The molecule has 0 saturated heterocycles. The highest BCUT2D eigenvalue weighted by Gasteiger charge is 2.30. The average Bonchev–Trinajstić information content (AvgIpc) is 3.11. The van der Waals surface area contributed by atoms with Gasteiger partial charge in [0.2, 0.25) is 5.89 Å². The molecule has 6 nitrogen and oxygen atoms in total. The summed E-state index contributed by atoms with van der Waals surface area (Å²) in [7, 11) is -3.67. The van der Waals surface area contributed by atoms with Crippen molar-refractivity contribution in [3.05, 3.63) is 35.7 Å². The van der Waals surface area contributed by atoms with Gasteiger partial charge in [-0.2, -0.15) is 0 Å². The Kier molecular flexibility index (Phi) is 2.78. The maximum Gasteiger partial charge on any atom is 0.329 e. The lowest BCUT2D eigenvalue weighted by Crippen LogP contribution is -2.13. The van der Waals surface area contributed by atoms with Crippen LogP contribution >= 0.6 is 0 Å². The molecule has 0 spiro atoms. The third kappa shape index (κ3) is 2.60. The lowest BCUT2D eigenvalue weighted by molar-refractivity contribution is 0.510. The zero-order chi connectivity index (χ0) is 13.5. The van der Waals surface area contributed by atoms with E-state index in [1.54, 1.807) is 12.1 Å². The molecule has 1 aliphatic rings. The van der Waals surface area contributed by atoms with Crippen LogP contribution in [-0.4, -0.2) is 18.6 Å². The van der Waals surface area contributed by atoms with Gasteiger partial charge in [0.05, 0.1) is 4.90 Å². The van der Waals surface area contributed by atoms with Crippen LogP contribution in [0.4, 0.5) is 6.01 Å². The van der Waals surface area contributed by atoms with Crippen LogP contribution in [0.15, 0.2) is 33.6 Å². The first-order valence-corrected chi connectivity index (χ1v) is 7.46. The molecule has 0 atom stereocenters. The summed E-state index contributed by atoms with van der Waals surface area (Å²) in [5.74, 6) is 0.798. The number of aryl methyl sites for hydroxylation is 1. The highest BCUT2D eigenvalue weighted by molar-refractivity contribution is 7.92. The van der Waals surface area contributed by atoms with E-state index in [1.165, 1.54) is 6.07 Å². The van der Waals surface area contributed by atoms with Gasteiger partial charge in [-0.3, -0.25) is 0 Å². The van der Waals surface area contributed by atoms with Crippen LogP contribution < -0.4 is 4.72 Å². The Morgan fingerprint density at radius 3 is 2.79 bits per heavy atom. The van der Waals surface area contributed by atoms with E-state index in [0.29, 0.717) is 11.8 Å². The molecule has 1 fully saturated rings. The summed E-state index contributed by atoms with van der Waals surface area (Å²) in [5, 5.41) is 7.53. The van der Waals surface area contributed by atoms with E-state index in [9.17, 15) is 8.42 Å². The molecule has 100 valence electrons. The lowest BCUT2D eigenvalue weighted by Gasteiger charge is -2.04. The molecular formula is C12H13N3O3S. The Labute approximate surface area is 110 Å². The van der Waals surface area contributed by atoms with Crippen LogP contribution in [0.3, 0.4) is 0 Å². The topological polar surface area (TPSA) is 85.1 Å². The number of rotatable bonds is 4. The largest absolute Gasteiger partial charge is 0.407 e. The van der Waals surface area contributed by atoms with E-state index in [2.05, 4.69) is 14.9 Å². The van der Waals surface area contributed by atoms with E-state index < -0.39 is 10.0 Å². The molecule has 0 aliphatic heterocycles. The van der Waals surface area contributed by atoms with E-state index >= 15 is 0 Å². The summed E-state index contributed by atoms with van der Waals surface area (Å²) in [6.07, 6.45) is 2.04. The standard InChI is InChI=1S/C12H13N3O3S/c1-8-3-2-4-10(7-8)19(16,17)15-12-14-13-11(18-12)9-5-6-9/h2-4,7,9H,5-6H2,1H3,(H,14,15). The fraction of sp³-hybridized carbons (Fsp3) is 0.333. The van der Waals surface area contributed by atoms with E-state index in [-0.39, 0.29) is 10.9 Å². The van der Waals surface area contributed by atoms with Crippen LogP contribution in [-0.2, 0) is 10.0 Å². The molecule has 7 heteroatoms. The molecule has 0 amide bonds. The fourth-order valence-corrected chi connectivity index (χ4v) is 2.76. The average molecular weight is 279 g/mol. The van der Waals surface area contributed by atoms with E-state index in [4.69, 9.17) is 4.42 Å². The van der Waals surface area contributed by atoms with Crippen molar-refractivity contribution in [3.63, 3.8) is 0 Å². The maximum absolute atomic E-state index is 12.1. The minimum absolute atomic E-state index is 0.0802. The first kappa shape index (κ1) is 12.2. The van der Waals surface area contributed by atoms with Gasteiger partial charge in [-0.25, -0.2) is 13.1 Å². The molecule has 1 N–H and O–H groups in total. The lowest BCUT2D eigenvalue weighted by atomic mass is 10.2. The van der Waals surface area contributed by atoms with Gasteiger partial charge < -0.3 is 4.42 Å². The highest BCUT2D eigenvalue weighted by atomic mass is 32.2. The number of hydrogen-bond acceptors (Lipinski definition) is 5. The SMILES string of the molecule is Cc1cccc(S(=O)(=O)Nc2nnc(C3CC3)o2)c1. The molecule has 2 aromatic rings. The Morgan fingerprint density at radius 1 is 1.32 bits per heavy atom. The predicted molar refractivity (Wildman–Crippen MR) is 68.3 cm³/mol. The quantitative estimate of drug-likeness (QED) is 0.925. The summed E-state index contributed by atoms with van der Waals surface area (Å²) < 4.78 is 31.8. The third-order valence-corrected chi connectivity index (χ3v) is 4.21. The maximum atomic E-state index is 12.1. The number of hydrogen-bond donors (Lipinski definition) is 1. The van der Waals surface area contributed by atoms with Crippen molar-refractivity contribution in [1.82, 2.24) is 10.2 Å². The number of anilines is 1. The summed E-state index contributed by atoms with van der Waals surface area (Å²) >= 11 is 0. The summed E-state index contributed by atoms with van der Waals surface area (Å²) in [6, 6.07) is 6.54. The van der Waals surface area contributed by atoms with Crippen molar-refractivity contribution >= 4 is 16.0 Å². The third-order valence-electron chi connectivity index (χ3n) is 2.89. The summed E-state index contributed by atoms with van der Waals surface area (Å²) in [5.41, 5.74) is 0.868. The Bertz CT molecular complexity index is 705. The summed E-state index contributed by atoms with van der Waals surface area (Å²) in [6.45, 7) is 1.83.